The number of hydrogen-bond donors (Lipinski definition) is 0. The molecule has 0 atom stereocenters. The van der Waals surface area contributed by atoms with Gasteiger partial charge >= 0.3 is 5.97 Å². The summed E-state index contributed by atoms with van der Waals surface area (Å²) < 4.78 is 4.54. The molecular weight excluding hydrogens is 166 g/mol. The van der Waals surface area contributed by atoms with Crippen LogP contribution in [0.3, 0.4) is 0 Å². The van der Waals surface area contributed by atoms with Crippen LogP contribution in [0.2, 0.25) is 0 Å². The lowest BCUT2D eigenvalue weighted by Crippen LogP contribution is -2.28. The number of esters is 1. The maximum atomic E-state index is 11.0. The van der Waals surface area contributed by atoms with E-state index in [0.29, 0.717) is 12.1 Å². The Morgan fingerprint density at radius 2 is 2.23 bits per heavy atom. The molecule has 0 N–H and O–H groups in total. The molecule has 0 aromatic heterocycles. The van der Waals surface area contributed by atoms with Crippen LogP contribution in [0.1, 0.15) is 6.92 Å². The number of carbonyl (C=O) groups is 1. The van der Waals surface area contributed by atoms with E-state index in [1.807, 2.05) is 11.8 Å². The van der Waals surface area contributed by atoms with Crippen molar-refractivity contribution < 1.29 is 9.53 Å². The first-order valence-electron chi connectivity index (χ1n) is 4.25. The summed E-state index contributed by atoms with van der Waals surface area (Å²) >= 11 is 0. The van der Waals surface area contributed by atoms with Crippen molar-refractivity contribution in [3.63, 3.8) is 0 Å². The van der Waals surface area contributed by atoms with E-state index < -0.39 is 0 Å². The van der Waals surface area contributed by atoms with E-state index in [-0.39, 0.29) is 5.97 Å². The second kappa shape index (κ2) is 6.43. The summed E-state index contributed by atoms with van der Waals surface area (Å²) in [6.45, 7) is 11.5. The van der Waals surface area contributed by atoms with Crippen molar-refractivity contribution in [3.05, 3.63) is 24.8 Å². The zero-order chi connectivity index (χ0) is 10.3. The third-order valence-corrected chi connectivity index (χ3v) is 1.72. The van der Waals surface area contributed by atoms with E-state index in [2.05, 4.69) is 17.9 Å². The molecule has 0 aliphatic heterocycles. The molecule has 0 aromatic rings. The summed E-state index contributed by atoms with van der Waals surface area (Å²) in [6.07, 6.45) is 1.80. The molecule has 0 aliphatic carbocycles. The summed E-state index contributed by atoms with van der Waals surface area (Å²) in [4.78, 5) is 13.0. The van der Waals surface area contributed by atoms with Gasteiger partial charge in [-0.25, -0.2) is 4.79 Å². The average Bonchev–Trinajstić information content (AvgIpc) is 2.15. The van der Waals surface area contributed by atoms with Crippen LogP contribution in [-0.4, -0.2) is 37.6 Å². The first-order chi connectivity index (χ1) is 6.15. The lowest BCUT2D eigenvalue weighted by molar-refractivity contribution is -0.136. The summed E-state index contributed by atoms with van der Waals surface area (Å²) in [7, 11) is 1.36. The van der Waals surface area contributed by atoms with Gasteiger partial charge in [0.25, 0.3) is 0 Å². The molecule has 3 nitrogen and oxygen atoms in total. The lowest BCUT2D eigenvalue weighted by atomic mass is 10.3. The highest BCUT2D eigenvalue weighted by molar-refractivity contribution is 5.88. The Balaban J connectivity index is 4.00. The molecule has 74 valence electrons. The Kier molecular flexibility index (Phi) is 5.89. The third kappa shape index (κ3) is 4.48. The van der Waals surface area contributed by atoms with Crippen molar-refractivity contribution in [1.82, 2.24) is 4.90 Å². The van der Waals surface area contributed by atoms with Crippen LogP contribution < -0.4 is 0 Å². The number of rotatable bonds is 6. The first-order valence-corrected chi connectivity index (χ1v) is 4.25. The fraction of sp³-hybridized carbons (Fsp3) is 0.500. The largest absolute Gasteiger partial charge is 0.466 e. The van der Waals surface area contributed by atoms with E-state index >= 15 is 0 Å². The summed E-state index contributed by atoms with van der Waals surface area (Å²) in [6, 6.07) is 0. The van der Waals surface area contributed by atoms with Crippen LogP contribution in [0, 0.1) is 0 Å². The van der Waals surface area contributed by atoms with Gasteiger partial charge in [-0.15, -0.1) is 6.58 Å². The molecular formula is C10H17NO2. The van der Waals surface area contributed by atoms with Crippen LogP contribution in [0.4, 0.5) is 0 Å². The van der Waals surface area contributed by atoms with E-state index in [9.17, 15) is 4.79 Å². The third-order valence-electron chi connectivity index (χ3n) is 1.72. The second-order valence-corrected chi connectivity index (χ2v) is 2.71. The first kappa shape index (κ1) is 11.9. The standard InChI is InChI=1S/C10H17NO2/c1-5-7-11(6-2)8-9(3)10(12)13-4/h5H,1,3,6-8H2,2,4H3. The lowest BCUT2D eigenvalue weighted by Gasteiger charge is -2.18. The number of carbonyl (C=O) groups excluding carboxylic acids is 1. The molecule has 0 aliphatic rings. The van der Waals surface area contributed by atoms with Crippen LogP contribution in [0.5, 0.6) is 0 Å². The fourth-order valence-electron chi connectivity index (χ4n) is 0.967. The zero-order valence-corrected chi connectivity index (χ0v) is 8.38. The SMILES string of the molecule is C=CCN(CC)CC(=C)C(=O)OC. The van der Waals surface area contributed by atoms with E-state index in [1.54, 1.807) is 6.08 Å². The van der Waals surface area contributed by atoms with Crippen LogP contribution in [0.15, 0.2) is 24.8 Å². The monoisotopic (exact) mass is 183 g/mol. The molecule has 0 amide bonds. The van der Waals surface area contributed by atoms with Gasteiger partial charge in [0.2, 0.25) is 0 Å². The van der Waals surface area contributed by atoms with Crippen molar-refractivity contribution in [3.8, 4) is 0 Å². The number of methoxy groups -OCH3 is 1. The van der Waals surface area contributed by atoms with Crippen LogP contribution >= 0.6 is 0 Å². The van der Waals surface area contributed by atoms with Crippen LogP contribution in [0.25, 0.3) is 0 Å². The summed E-state index contributed by atoms with van der Waals surface area (Å²) in [5.74, 6) is -0.345. The molecule has 0 radical (unpaired) electrons. The topological polar surface area (TPSA) is 29.5 Å². The minimum atomic E-state index is -0.345. The summed E-state index contributed by atoms with van der Waals surface area (Å²) in [5, 5.41) is 0. The molecule has 0 aromatic carbocycles. The molecule has 0 bridgehead atoms. The molecule has 0 saturated carbocycles. The number of ether oxygens (including phenoxy) is 1. The second-order valence-electron chi connectivity index (χ2n) is 2.71. The van der Waals surface area contributed by atoms with E-state index in [4.69, 9.17) is 0 Å². The van der Waals surface area contributed by atoms with Crippen molar-refractivity contribution in [1.29, 1.82) is 0 Å². The van der Waals surface area contributed by atoms with Gasteiger partial charge in [-0.1, -0.05) is 19.6 Å². The average molecular weight is 183 g/mol. The van der Waals surface area contributed by atoms with Gasteiger partial charge in [-0.2, -0.15) is 0 Å². The van der Waals surface area contributed by atoms with E-state index in [0.717, 1.165) is 13.1 Å². The number of likely N-dealkylation sites (N-methyl/N-ethyl adjacent to an activating group) is 1. The van der Waals surface area contributed by atoms with Crippen molar-refractivity contribution in [2.24, 2.45) is 0 Å². The number of hydrogen-bond acceptors (Lipinski definition) is 3. The molecule has 0 fully saturated rings. The van der Waals surface area contributed by atoms with Gasteiger partial charge in [-0.05, 0) is 6.54 Å². The molecule has 0 heterocycles. The van der Waals surface area contributed by atoms with Crippen molar-refractivity contribution >= 4 is 5.97 Å². The Labute approximate surface area is 79.7 Å². The Bertz CT molecular complexity index is 199. The maximum Gasteiger partial charge on any atom is 0.334 e. The molecule has 13 heavy (non-hydrogen) atoms. The minimum Gasteiger partial charge on any atom is -0.466 e. The normalized spacial score (nSPS) is 9.77. The minimum absolute atomic E-state index is 0.345. The number of nitrogens with zero attached hydrogens (tertiary/aromatic N) is 1. The van der Waals surface area contributed by atoms with Gasteiger partial charge in [-0.3, -0.25) is 4.90 Å². The Hall–Kier alpha value is -1.09. The van der Waals surface area contributed by atoms with Gasteiger partial charge < -0.3 is 4.74 Å². The smallest absolute Gasteiger partial charge is 0.334 e. The molecule has 0 unspecified atom stereocenters. The predicted molar refractivity (Wildman–Crippen MR) is 53.5 cm³/mol. The molecule has 0 spiro atoms. The van der Waals surface area contributed by atoms with Crippen molar-refractivity contribution in [2.45, 2.75) is 6.92 Å². The highest BCUT2D eigenvalue weighted by Crippen LogP contribution is 1.98. The highest BCUT2D eigenvalue weighted by Gasteiger charge is 2.09. The van der Waals surface area contributed by atoms with Gasteiger partial charge in [0.1, 0.15) is 0 Å². The van der Waals surface area contributed by atoms with Crippen LogP contribution in [-0.2, 0) is 9.53 Å². The maximum absolute atomic E-state index is 11.0. The van der Waals surface area contributed by atoms with Gasteiger partial charge in [0, 0.05) is 18.7 Å². The molecule has 0 saturated heterocycles. The summed E-state index contributed by atoms with van der Waals surface area (Å²) in [5.41, 5.74) is 0.478. The van der Waals surface area contributed by atoms with Crippen molar-refractivity contribution in [2.75, 3.05) is 26.7 Å². The molecule has 3 heteroatoms. The quantitative estimate of drug-likeness (QED) is 0.352. The highest BCUT2D eigenvalue weighted by atomic mass is 16.5. The Morgan fingerprint density at radius 3 is 2.62 bits per heavy atom. The van der Waals surface area contributed by atoms with E-state index in [1.165, 1.54) is 7.11 Å². The molecule has 0 rings (SSSR count). The zero-order valence-electron chi connectivity index (χ0n) is 8.38. The van der Waals surface area contributed by atoms with Gasteiger partial charge in [0.05, 0.1) is 7.11 Å². The van der Waals surface area contributed by atoms with Gasteiger partial charge in [0.15, 0.2) is 0 Å². The fourth-order valence-corrected chi connectivity index (χ4v) is 0.967. The Morgan fingerprint density at radius 1 is 1.62 bits per heavy atom. The predicted octanol–water partition coefficient (Wildman–Crippen LogP) is 1.22.